The van der Waals surface area contributed by atoms with Crippen molar-refractivity contribution in [1.82, 2.24) is 20.1 Å². The predicted molar refractivity (Wildman–Crippen MR) is 106 cm³/mol. The van der Waals surface area contributed by atoms with Crippen LogP contribution in [0.2, 0.25) is 0 Å². The molecule has 0 aliphatic heterocycles. The Balaban J connectivity index is 1.50. The van der Waals surface area contributed by atoms with Crippen molar-refractivity contribution in [2.24, 2.45) is 0 Å². The number of fused-ring (bicyclic) bond motifs is 1. The number of carbonyl (C=O) groups excluding carboxylic acids is 1. The van der Waals surface area contributed by atoms with Crippen LogP contribution in [0.15, 0.2) is 48.7 Å². The van der Waals surface area contributed by atoms with Gasteiger partial charge in [0.1, 0.15) is 5.69 Å². The van der Waals surface area contributed by atoms with E-state index in [0.29, 0.717) is 6.54 Å². The van der Waals surface area contributed by atoms with Crippen LogP contribution in [-0.4, -0.2) is 27.2 Å². The normalized spacial score (nSPS) is 13.7. The molecule has 156 valence electrons. The van der Waals surface area contributed by atoms with Crippen LogP contribution in [0, 0.1) is 0 Å². The second-order valence-electron chi connectivity index (χ2n) is 7.22. The maximum absolute atomic E-state index is 13.1. The molecule has 0 fully saturated rings. The number of carbonyl (C=O) groups is 1. The highest BCUT2D eigenvalue weighted by Gasteiger charge is 2.34. The second-order valence-corrected chi connectivity index (χ2v) is 7.22. The summed E-state index contributed by atoms with van der Waals surface area (Å²) in [7, 11) is 0. The first-order chi connectivity index (χ1) is 14.4. The molecule has 1 aliphatic carbocycles. The number of halogens is 3. The third-order valence-corrected chi connectivity index (χ3v) is 5.25. The number of aromatic nitrogens is 3. The zero-order valence-electron chi connectivity index (χ0n) is 16.2. The van der Waals surface area contributed by atoms with E-state index in [2.05, 4.69) is 10.3 Å². The lowest BCUT2D eigenvalue weighted by molar-refractivity contribution is -0.137. The highest BCUT2D eigenvalue weighted by atomic mass is 19.4. The Morgan fingerprint density at radius 1 is 1.07 bits per heavy atom. The molecule has 0 atom stereocenters. The van der Waals surface area contributed by atoms with Crippen LogP contribution in [0.3, 0.4) is 0 Å². The number of hydrogen-bond acceptors (Lipinski definition) is 3. The summed E-state index contributed by atoms with van der Waals surface area (Å²) in [5.41, 5.74) is 2.63. The Morgan fingerprint density at radius 3 is 2.60 bits per heavy atom. The van der Waals surface area contributed by atoms with E-state index in [0.717, 1.165) is 48.8 Å². The lowest BCUT2D eigenvalue weighted by Gasteiger charge is -2.15. The average Bonchev–Trinajstić information content (AvgIpc) is 3.12. The largest absolute Gasteiger partial charge is 0.417 e. The van der Waals surface area contributed by atoms with Gasteiger partial charge in [0.25, 0.3) is 5.91 Å². The van der Waals surface area contributed by atoms with E-state index in [1.807, 2.05) is 22.9 Å². The standard InChI is InChI=1S/C22H21F3N4O/c23-22(24,25)17-9-3-1-7-15(17)21(30)27-13-14-29-19-11-4-2-8-16(19)20(28-29)18-10-5-6-12-26-18/h1,3,5-7,9-10,12H,2,4,8,11,13-14H2,(H,27,30). The summed E-state index contributed by atoms with van der Waals surface area (Å²) in [6, 6.07) is 10.5. The molecule has 0 spiro atoms. The zero-order chi connectivity index (χ0) is 21.1. The van der Waals surface area contributed by atoms with E-state index in [-0.39, 0.29) is 12.1 Å². The van der Waals surface area contributed by atoms with Crippen LogP contribution in [0.5, 0.6) is 0 Å². The molecule has 8 heteroatoms. The molecular formula is C22H21F3N4O. The summed E-state index contributed by atoms with van der Waals surface area (Å²) in [4.78, 5) is 16.8. The number of hydrogen-bond donors (Lipinski definition) is 1. The van der Waals surface area contributed by atoms with Crippen LogP contribution >= 0.6 is 0 Å². The lowest BCUT2D eigenvalue weighted by Crippen LogP contribution is -2.30. The number of alkyl halides is 3. The molecule has 1 aromatic carbocycles. The fraction of sp³-hybridized carbons (Fsp3) is 0.318. The first-order valence-corrected chi connectivity index (χ1v) is 9.89. The summed E-state index contributed by atoms with van der Waals surface area (Å²) in [6.45, 7) is 0.565. The molecule has 0 bridgehead atoms. The highest BCUT2D eigenvalue weighted by molar-refractivity contribution is 5.95. The molecular weight excluding hydrogens is 393 g/mol. The molecule has 0 saturated carbocycles. The number of nitrogens with zero attached hydrogens (tertiary/aromatic N) is 3. The van der Waals surface area contributed by atoms with Gasteiger partial charge in [-0.15, -0.1) is 0 Å². The average molecular weight is 414 g/mol. The molecule has 5 nitrogen and oxygen atoms in total. The molecule has 30 heavy (non-hydrogen) atoms. The fourth-order valence-corrected chi connectivity index (χ4v) is 3.86. The Hall–Kier alpha value is -3.16. The Morgan fingerprint density at radius 2 is 1.83 bits per heavy atom. The van der Waals surface area contributed by atoms with E-state index >= 15 is 0 Å². The minimum atomic E-state index is -4.58. The van der Waals surface area contributed by atoms with Gasteiger partial charge in [-0.25, -0.2) is 0 Å². The summed E-state index contributed by atoms with van der Waals surface area (Å²) >= 11 is 0. The van der Waals surface area contributed by atoms with Crippen molar-refractivity contribution < 1.29 is 18.0 Å². The van der Waals surface area contributed by atoms with E-state index in [4.69, 9.17) is 5.10 Å². The second kappa shape index (κ2) is 8.30. The zero-order valence-corrected chi connectivity index (χ0v) is 16.2. The minimum absolute atomic E-state index is 0.181. The molecule has 1 N–H and O–H groups in total. The number of rotatable bonds is 5. The molecule has 1 aliphatic rings. The van der Waals surface area contributed by atoms with Gasteiger partial charge >= 0.3 is 6.18 Å². The van der Waals surface area contributed by atoms with Gasteiger partial charge < -0.3 is 5.32 Å². The van der Waals surface area contributed by atoms with E-state index < -0.39 is 17.6 Å². The van der Waals surface area contributed by atoms with Gasteiger partial charge in [0.15, 0.2) is 0 Å². The Bertz CT molecular complexity index is 1040. The van der Waals surface area contributed by atoms with Crippen LogP contribution < -0.4 is 5.32 Å². The maximum atomic E-state index is 13.1. The Labute approximate surface area is 171 Å². The summed E-state index contributed by atoms with van der Waals surface area (Å²) in [5.74, 6) is -0.742. The third kappa shape index (κ3) is 4.08. The van der Waals surface area contributed by atoms with Crippen molar-refractivity contribution in [1.29, 1.82) is 0 Å². The smallest absolute Gasteiger partial charge is 0.350 e. The van der Waals surface area contributed by atoms with Crippen molar-refractivity contribution in [2.75, 3.05) is 6.54 Å². The molecule has 0 saturated heterocycles. The molecule has 1 amide bonds. The van der Waals surface area contributed by atoms with E-state index in [1.165, 1.54) is 23.8 Å². The van der Waals surface area contributed by atoms with E-state index in [1.54, 1.807) is 6.20 Å². The van der Waals surface area contributed by atoms with Crippen LogP contribution in [0.4, 0.5) is 13.2 Å². The summed E-state index contributed by atoms with van der Waals surface area (Å²) in [6.07, 6.45) is 1.11. The first kappa shape index (κ1) is 20.1. The topological polar surface area (TPSA) is 59.8 Å². The van der Waals surface area contributed by atoms with Gasteiger partial charge in [0.05, 0.1) is 23.4 Å². The van der Waals surface area contributed by atoms with Gasteiger partial charge in [-0.2, -0.15) is 18.3 Å². The SMILES string of the molecule is O=C(NCCn1nc(-c2ccccn2)c2c1CCCC2)c1ccccc1C(F)(F)F. The van der Waals surface area contributed by atoms with E-state index in [9.17, 15) is 18.0 Å². The molecule has 0 radical (unpaired) electrons. The van der Waals surface area contributed by atoms with Crippen LogP contribution in [0.25, 0.3) is 11.4 Å². The molecule has 3 aromatic rings. The van der Waals surface area contributed by atoms with Gasteiger partial charge in [-0.3, -0.25) is 14.5 Å². The third-order valence-electron chi connectivity index (χ3n) is 5.25. The van der Waals surface area contributed by atoms with Crippen molar-refractivity contribution in [3.8, 4) is 11.4 Å². The number of nitrogens with one attached hydrogen (secondary N) is 1. The van der Waals surface area contributed by atoms with Crippen molar-refractivity contribution in [3.63, 3.8) is 0 Å². The van der Waals surface area contributed by atoms with Crippen molar-refractivity contribution in [3.05, 3.63) is 71.0 Å². The minimum Gasteiger partial charge on any atom is -0.350 e. The van der Waals surface area contributed by atoms with Crippen LogP contribution in [0.1, 0.15) is 40.0 Å². The van der Waals surface area contributed by atoms with Gasteiger partial charge in [0.2, 0.25) is 0 Å². The number of benzene rings is 1. The Kier molecular flexibility index (Phi) is 5.57. The fourth-order valence-electron chi connectivity index (χ4n) is 3.86. The number of pyridine rings is 1. The van der Waals surface area contributed by atoms with Crippen molar-refractivity contribution in [2.45, 2.75) is 38.4 Å². The molecule has 2 heterocycles. The van der Waals surface area contributed by atoms with Gasteiger partial charge in [-0.05, 0) is 49.9 Å². The van der Waals surface area contributed by atoms with Crippen molar-refractivity contribution >= 4 is 5.91 Å². The molecule has 2 aromatic heterocycles. The monoisotopic (exact) mass is 414 g/mol. The first-order valence-electron chi connectivity index (χ1n) is 9.89. The maximum Gasteiger partial charge on any atom is 0.417 e. The predicted octanol–water partition coefficient (Wildman–Crippen LogP) is 4.27. The molecule has 0 unspecified atom stereocenters. The summed E-state index contributed by atoms with van der Waals surface area (Å²) < 4.78 is 41.3. The van der Waals surface area contributed by atoms with Crippen LogP contribution in [-0.2, 0) is 25.6 Å². The van der Waals surface area contributed by atoms with Gasteiger partial charge in [0, 0.05) is 24.0 Å². The lowest BCUT2D eigenvalue weighted by atomic mass is 9.95. The quantitative estimate of drug-likeness (QED) is 0.678. The highest BCUT2D eigenvalue weighted by Crippen LogP contribution is 2.32. The van der Waals surface area contributed by atoms with Gasteiger partial charge in [-0.1, -0.05) is 18.2 Å². The molecule has 4 rings (SSSR count). The summed E-state index contributed by atoms with van der Waals surface area (Å²) in [5, 5.41) is 7.31. The number of amides is 1.